The second kappa shape index (κ2) is 11.9. The van der Waals surface area contributed by atoms with Crippen molar-refractivity contribution < 1.29 is 19.1 Å². The summed E-state index contributed by atoms with van der Waals surface area (Å²) < 4.78 is 5.44. The van der Waals surface area contributed by atoms with Crippen LogP contribution in [0.3, 0.4) is 0 Å². The van der Waals surface area contributed by atoms with Crippen LogP contribution in [0.5, 0.6) is 0 Å². The normalized spacial score (nSPS) is 15.3. The highest BCUT2D eigenvalue weighted by molar-refractivity contribution is 5.88. The number of likely N-dealkylation sites (tertiary alicyclic amines) is 1. The summed E-state index contributed by atoms with van der Waals surface area (Å²) in [6, 6.07) is 17.0. The average molecular weight is 480 g/mol. The Labute approximate surface area is 208 Å². The minimum Gasteiger partial charge on any atom is -0.444 e. The number of nitrogens with one attached hydrogen (secondary N) is 2. The largest absolute Gasteiger partial charge is 0.444 e. The number of benzene rings is 2. The third-order valence-electron chi connectivity index (χ3n) is 6.02. The number of hydrogen-bond acceptors (Lipinski definition) is 4. The minimum absolute atomic E-state index is 0.153. The van der Waals surface area contributed by atoms with Gasteiger partial charge in [-0.05, 0) is 51.7 Å². The van der Waals surface area contributed by atoms with Gasteiger partial charge in [0.05, 0.1) is 0 Å². The number of nitrogens with zero attached hydrogens (tertiary/aromatic N) is 1. The van der Waals surface area contributed by atoms with Gasteiger partial charge in [-0.1, -0.05) is 60.2 Å². The number of carbonyl (C=O) groups is 3. The minimum atomic E-state index is -0.681. The summed E-state index contributed by atoms with van der Waals surface area (Å²) in [5, 5.41) is 5.94. The van der Waals surface area contributed by atoms with Gasteiger partial charge in [0.2, 0.25) is 11.8 Å². The molecule has 1 heterocycles. The quantitative estimate of drug-likeness (QED) is 0.629. The monoisotopic (exact) mass is 479 g/mol. The van der Waals surface area contributed by atoms with Gasteiger partial charge < -0.3 is 20.3 Å². The molecule has 0 aromatic heterocycles. The van der Waals surface area contributed by atoms with E-state index in [0.29, 0.717) is 38.9 Å². The fourth-order valence-corrected chi connectivity index (χ4v) is 4.02. The van der Waals surface area contributed by atoms with E-state index in [2.05, 4.69) is 10.6 Å². The Kier molecular flexibility index (Phi) is 8.90. The molecule has 1 fully saturated rings. The predicted molar refractivity (Wildman–Crippen MR) is 136 cm³/mol. The van der Waals surface area contributed by atoms with Crippen molar-refractivity contribution >= 4 is 17.9 Å². The van der Waals surface area contributed by atoms with Crippen LogP contribution in [0.1, 0.15) is 50.3 Å². The van der Waals surface area contributed by atoms with E-state index in [4.69, 9.17) is 4.74 Å². The van der Waals surface area contributed by atoms with Crippen LogP contribution in [0.4, 0.5) is 4.79 Å². The molecular weight excluding hydrogens is 442 g/mol. The molecule has 1 saturated heterocycles. The molecule has 0 radical (unpaired) electrons. The second-order valence-corrected chi connectivity index (χ2v) is 10.2. The van der Waals surface area contributed by atoms with E-state index in [0.717, 1.165) is 16.7 Å². The summed E-state index contributed by atoms with van der Waals surface area (Å²) in [7, 11) is 0. The van der Waals surface area contributed by atoms with Crippen molar-refractivity contribution in [3.05, 3.63) is 71.3 Å². The van der Waals surface area contributed by atoms with Crippen LogP contribution in [0.25, 0.3) is 0 Å². The summed E-state index contributed by atoms with van der Waals surface area (Å²) in [6.07, 6.45) is 1.12. The summed E-state index contributed by atoms with van der Waals surface area (Å²) in [5.74, 6) is -0.619. The zero-order valence-electron chi connectivity index (χ0n) is 21.2. The Hall–Kier alpha value is -3.35. The lowest BCUT2D eigenvalue weighted by Crippen LogP contribution is -2.51. The molecule has 35 heavy (non-hydrogen) atoms. The van der Waals surface area contributed by atoms with Crippen LogP contribution >= 0.6 is 0 Å². The lowest BCUT2D eigenvalue weighted by molar-refractivity contribution is -0.132. The Morgan fingerprint density at radius 3 is 2.20 bits per heavy atom. The Bertz CT molecular complexity index is 991. The summed E-state index contributed by atoms with van der Waals surface area (Å²) in [5.41, 5.74) is 2.58. The highest BCUT2D eigenvalue weighted by atomic mass is 16.6. The molecular formula is C28H37N3O4. The molecule has 0 aliphatic carbocycles. The summed E-state index contributed by atoms with van der Waals surface area (Å²) in [4.78, 5) is 40.1. The molecule has 2 aromatic carbocycles. The highest BCUT2D eigenvalue weighted by Gasteiger charge is 2.32. The SMILES string of the molecule is Cc1ccc(CNC(=O)[C@H](Cc2ccccc2)NC(=O)C2CCN(C(=O)OC(C)(C)C)CC2)cc1. The first-order chi connectivity index (χ1) is 16.6. The van der Waals surface area contributed by atoms with Gasteiger partial charge in [-0.2, -0.15) is 0 Å². The zero-order chi connectivity index (χ0) is 25.4. The highest BCUT2D eigenvalue weighted by Crippen LogP contribution is 2.20. The first-order valence-electron chi connectivity index (χ1n) is 12.3. The van der Waals surface area contributed by atoms with E-state index in [9.17, 15) is 14.4 Å². The number of hydrogen-bond donors (Lipinski definition) is 2. The van der Waals surface area contributed by atoms with Gasteiger partial charge in [-0.15, -0.1) is 0 Å². The molecule has 0 spiro atoms. The number of aryl methyl sites for hydroxylation is 1. The molecule has 0 unspecified atom stereocenters. The first-order valence-corrected chi connectivity index (χ1v) is 12.3. The third kappa shape index (κ3) is 8.42. The molecule has 1 aliphatic heterocycles. The fraction of sp³-hybridized carbons (Fsp3) is 0.464. The maximum absolute atomic E-state index is 13.1. The van der Waals surface area contributed by atoms with E-state index in [-0.39, 0.29) is 23.8 Å². The molecule has 7 heteroatoms. The zero-order valence-corrected chi connectivity index (χ0v) is 21.2. The van der Waals surface area contributed by atoms with E-state index in [1.165, 1.54) is 0 Å². The predicted octanol–water partition coefficient (Wildman–Crippen LogP) is 3.99. The first kappa shape index (κ1) is 26.3. The van der Waals surface area contributed by atoms with Crippen molar-refractivity contribution in [1.82, 2.24) is 15.5 Å². The van der Waals surface area contributed by atoms with Crippen LogP contribution in [0.15, 0.2) is 54.6 Å². The second-order valence-electron chi connectivity index (χ2n) is 10.2. The molecule has 1 atom stereocenters. The van der Waals surface area contributed by atoms with Gasteiger partial charge in [0, 0.05) is 32.0 Å². The molecule has 1 aliphatic rings. The number of rotatable bonds is 7. The van der Waals surface area contributed by atoms with Crippen molar-refractivity contribution in [2.24, 2.45) is 5.92 Å². The Morgan fingerprint density at radius 1 is 0.971 bits per heavy atom. The van der Waals surface area contributed by atoms with Crippen LogP contribution < -0.4 is 10.6 Å². The molecule has 2 aromatic rings. The average Bonchev–Trinajstić information content (AvgIpc) is 2.82. The summed E-state index contributed by atoms with van der Waals surface area (Å²) >= 11 is 0. The van der Waals surface area contributed by atoms with Crippen molar-refractivity contribution in [3.8, 4) is 0 Å². The van der Waals surface area contributed by atoms with Gasteiger partial charge in [0.25, 0.3) is 0 Å². The lowest BCUT2D eigenvalue weighted by atomic mass is 9.95. The molecule has 0 bridgehead atoms. The van der Waals surface area contributed by atoms with Gasteiger partial charge in [0.1, 0.15) is 11.6 Å². The van der Waals surface area contributed by atoms with E-state index in [1.54, 1.807) is 4.90 Å². The maximum atomic E-state index is 13.1. The smallest absolute Gasteiger partial charge is 0.410 e. The van der Waals surface area contributed by atoms with E-state index in [1.807, 2.05) is 82.3 Å². The topological polar surface area (TPSA) is 87.7 Å². The number of piperidine rings is 1. The fourth-order valence-electron chi connectivity index (χ4n) is 4.02. The van der Waals surface area contributed by atoms with E-state index >= 15 is 0 Å². The number of carbonyl (C=O) groups excluding carboxylic acids is 3. The van der Waals surface area contributed by atoms with Crippen LogP contribution in [-0.2, 0) is 27.3 Å². The number of amides is 3. The molecule has 3 rings (SSSR count). The van der Waals surface area contributed by atoms with Crippen LogP contribution in [0.2, 0.25) is 0 Å². The third-order valence-corrected chi connectivity index (χ3v) is 6.02. The molecule has 3 amide bonds. The molecule has 0 saturated carbocycles. The van der Waals surface area contributed by atoms with E-state index < -0.39 is 11.6 Å². The maximum Gasteiger partial charge on any atom is 0.410 e. The van der Waals surface area contributed by atoms with Crippen LogP contribution in [0, 0.1) is 12.8 Å². The Morgan fingerprint density at radius 2 is 1.60 bits per heavy atom. The van der Waals surface area contributed by atoms with Gasteiger partial charge >= 0.3 is 6.09 Å². The Balaban J connectivity index is 1.59. The van der Waals surface area contributed by atoms with Crippen molar-refractivity contribution in [2.45, 2.75) is 65.1 Å². The number of ether oxygens (including phenoxy) is 1. The van der Waals surface area contributed by atoms with Gasteiger partial charge in [-0.25, -0.2) is 4.79 Å². The summed E-state index contributed by atoms with van der Waals surface area (Å²) in [6.45, 7) is 8.83. The lowest BCUT2D eigenvalue weighted by Gasteiger charge is -2.33. The van der Waals surface area contributed by atoms with Crippen LogP contribution in [-0.4, -0.2) is 47.5 Å². The van der Waals surface area contributed by atoms with Crippen molar-refractivity contribution in [3.63, 3.8) is 0 Å². The standard InChI is InChI=1S/C28H37N3O4/c1-20-10-12-22(13-11-20)19-29-26(33)24(18-21-8-6-5-7-9-21)30-25(32)23-14-16-31(17-15-23)27(34)35-28(2,3)4/h5-13,23-24H,14-19H2,1-4H3,(H,29,33)(H,30,32)/t24-/m0/s1. The molecule has 7 nitrogen and oxygen atoms in total. The molecule has 188 valence electrons. The van der Waals surface area contributed by atoms with Gasteiger partial charge in [-0.3, -0.25) is 9.59 Å². The van der Waals surface area contributed by atoms with Crippen molar-refractivity contribution in [2.75, 3.05) is 13.1 Å². The van der Waals surface area contributed by atoms with Crippen molar-refractivity contribution in [1.29, 1.82) is 0 Å². The van der Waals surface area contributed by atoms with Gasteiger partial charge in [0.15, 0.2) is 0 Å². The molecule has 2 N–H and O–H groups in total.